The van der Waals surface area contributed by atoms with E-state index in [-0.39, 0.29) is 17.7 Å². The largest absolute Gasteiger partial charge is 0.416 e. The first-order valence-corrected chi connectivity index (χ1v) is 7.84. The van der Waals surface area contributed by atoms with Gasteiger partial charge in [-0.2, -0.15) is 13.2 Å². The fourth-order valence-corrected chi connectivity index (χ4v) is 2.99. The molecule has 2 atom stereocenters. The number of carbonyl (C=O) groups is 1. The summed E-state index contributed by atoms with van der Waals surface area (Å²) in [5.74, 6) is -0.0927. The number of carbonyl (C=O) groups excluding carboxylic acids is 1. The zero-order valence-corrected chi connectivity index (χ0v) is 13.0. The maximum Gasteiger partial charge on any atom is 0.416 e. The van der Waals surface area contributed by atoms with Gasteiger partial charge in [-0.15, -0.1) is 0 Å². The summed E-state index contributed by atoms with van der Waals surface area (Å²) in [5, 5.41) is 2.74. The third-order valence-corrected chi connectivity index (χ3v) is 4.42. The summed E-state index contributed by atoms with van der Waals surface area (Å²) in [7, 11) is 0. The Hall–Kier alpha value is -2.83. The summed E-state index contributed by atoms with van der Waals surface area (Å²) in [6.07, 6.45) is -3.72. The molecular weight excluding hydrogens is 331 g/mol. The van der Waals surface area contributed by atoms with Gasteiger partial charge in [-0.1, -0.05) is 24.3 Å². The second-order valence-electron chi connectivity index (χ2n) is 6.16. The first-order valence-electron chi connectivity index (χ1n) is 7.84. The number of hydrogen-bond acceptors (Lipinski definition) is 2. The Morgan fingerprint density at radius 2 is 1.84 bits per heavy atom. The molecule has 2 unspecified atom stereocenters. The molecule has 1 heterocycles. The molecule has 0 saturated heterocycles. The standard InChI is InChI=1S/C18H14F3N3O/c19-18(20,21)11-7-5-10(6-8-11)12-9-13(12)16(25)24-17-22-14-3-1-2-4-15(14)23-17/h1-8,12-13H,9H2,(H2,22,23,24,25). The molecule has 7 heteroatoms. The summed E-state index contributed by atoms with van der Waals surface area (Å²) < 4.78 is 37.8. The Kier molecular flexibility index (Phi) is 3.52. The van der Waals surface area contributed by atoms with Crippen LogP contribution < -0.4 is 5.32 Å². The Labute approximate surface area is 141 Å². The molecule has 0 aliphatic heterocycles. The Morgan fingerprint density at radius 1 is 1.12 bits per heavy atom. The molecule has 2 N–H and O–H groups in total. The third-order valence-electron chi connectivity index (χ3n) is 4.42. The van der Waals surface area contributed by atoms with Crippen LogP contribution in [0.15, 0.2) is 48.5 Å². The van der Waals surface area contributed by atoms with Gasteiger partial charge in [0.05, 0.1) is 16.6 Å². The van der Waals surface area contributed by atoms with E-state index >= 15 is 0 Å². The van der Waals surface area contributed by atoms with E-state index < -0.39 is 11.7 Å². The maximum atomic E-state index is 12.6. The van der Waals surface area contributed by atoms with Crippen molar-refractivity contribution in [1.82, 2.24) is 9.97 Å². The molecule has 1 aromatic heterocycles. The number of anilines is 1. The van der Waals surface area contributed by atoms with Gasteiger partial charge in [-0.25, -0.2) is 4.98 Å². The maximum absolute atomic E-state index is 12.6. The predicted octanol–water partition coefficient (Wildman–Crippen LogP) is 4.32. The molecule has 1 saturated carbocycles. The third kappa shape index (κ3) is 3.09. The number of amides is 1. The number of aromatic nitrogens is 2. The van der Waals surface area contributed by atoms with Gasteiger partial charge in [0.1, 0.15) is 0 Å². The van der Waals surface area contributed by atoms with Crippen LogP contribution in [0.2, 0.25) is 0 Å². The minimum atomic E-state index is -4.35. The van der Waals surface area contributed by atoms with Crippen LogP contribution in [0.25, 0.3) is 11.0 Å². The van der Waals surface area contributed by atoms with Gasteiger partial charge in [0, 0.05) is 5.92 Å². The number of hydrogen-bond donors (Lipinski definition) is 2. The number of nitrogens with zero attached hydrogens (tertiary/aromatic N) is 1. The van der Waals surface area contributed by atoms with Crippen molar-refractivity contribution in [1.29, 1.82) is 0 Å². The molecule has 1 amide bonds. The second-order valence-corrected chi connectivity index (χ2v) is 6.16. The Morgan fingerprint density at radius 3 is 2.52 bits per heavy atom. The molecule has 2 aromatic carbocycles. The Balaban J connectivity index is 1.43. The van der Waals surface area contributed by atoms with Crippen molar-refractivity contribution < 1.29 is 18.0 Å². The number of aromatic amines is 1. The lowest BCUT2D eigenvalue weighted by Gasteiger charge is -2.07. The van der Waals surface area contributed by atoms with Crippen molar-refractivity contribution in [2.75, 3.05) is 5.32 Å². The number of rotatable bonds is 3. The zero-order valence-electron chi connectivity index (χ0n) is 13.0. The van der Waals surface area contributed by atoms with Crippen molar-refractivity contribution in [2.24, 2.45) is 5.92 Å². The van der Waals surface area contributed by atoms with Crippen LogP contribution >= 0.6 is 0 Å². The molecule has 0 spiro atoms. The summed E-state index contributed by atoms with van der Waals surface area (Å²) in [6.45, 7) is 0. The lowest BCUT2D eigenvalue weighted by molar-refractivity contribution is -0.137. The van der Waals surface area contributed by atoms with E-state index in [1.54, 1.807) is 0 Å². The number of para-hydroxylation sites is 2. The summed E-state index contributed by atoms with van der Waals surface area (Å²) in [4.78, 5) is 19.6. The average molecular weight is 345 g/mol. The van der Waals surface area contributed by atoms with Crippen molar-refractivity contribution >= 4 is 22.9 Å². The number of imidazole rings is 1. The molecule has 4 nitrogen and oxygen atoms in total. The Bertz CT molecular complexity index is 898. The summed E-state index contributed by atoms with van der Waals surface area (Å²) in [6, 6.07) is 12.4. The topological polar surface area (TPSA) is 57.8 Å². The van der Waals surface area contributed by atoms with E-state index in [1.165, 1.54) is 12.1 Å². The minimum Gasteiger partial charge on any atom is -0.324 e. The van der Waals surface area contributed by atoms with Crippen LogP contribution in [0.1, 0.15) is 23.5 Å². The molecule has 4 rings (SSSR count). The quantitative estimate of drug-likeness (QED) is 0.743. The molecule has 1 fully saturated rings. The van der Waals surface area contributed by atoms with E-state index in [2.05, 4.69) is 15.3 Å². The van der Waals surface area contributed by atoms with Crippen LogP contribution in [-0.4, -0.2) is 15.9 Å². The van der Waals surface area contributed by atoms with E-state index in [9.17, 15) is 18.0 Å². The lowest BCUT2D eigenvalue weighted by Crippen LogP contribution is -2.15. The van der Waals surface area contributed by atoms with E-state index in [1.807, 2.05) is 24.3 Å². The molecular formula is C18H14F3N3O. The number of halogens is 3. The van der Waals surface area contributed by atoms with Crippen molar-refractivity contribution in [3.05, 3.63) is 59.7 Å². The zero-order chi connectivity index (χ0) is 17.6. The van der Waals surface area contributed by atoms with Crippen LogP contribution in [0.3, 0.4) is 0 Å². The van der Waals surface area contributed by atoms with Gasteiger partial charge in [0.2, 0.25) is 11.9 Å². The first kappa shape index (κ1) is 15.7. The van der Waals surface area contributed by atoms with Crippen molar-refractivity contribution in [2.45, 2.75) is 18.5 Å². The number of benzene rings is 2. The molecule has 3 aromatic rings. The molecule has 25 heavy (non-hydrogen) atoms. The van der Waals surface area contributed by atoms with Gasteiger partial charge in [0.15, 0.2) is 0 Å². The highest BCUT2D eigenvalue weighted by atomic mass is 19.4. The van der Waals surface area contributed by atoms with Gasteiger partial charge >= 0.3 is 6.18 Å². The number of alkyl halides is 3. The van der Waals surface area contributed by atoms with E-state index in [0.717, 1.165) is 28.7 Å². The van der Waals surface area contributed by atoms with E-state index in [4.69, 9.17) is 0 Å². The summed E-state index contributed by atoms with van der Waals surface area (Å²) in [5.41, 5.74) is 1.65. The molecule has 1 aliphatic rings. The van der Waals surface area contributed by atoms with Crippen LogP contribution in [-0.2, 0) is 11.0 Å². The van der Waals surface area contributed by atoms with Crippen LogP contribution in [0, 0.1) is 5.92 Å². The SMILES string of the molecule is O=C(Nc1nc2ccccc2[nH]1)C1CC1c1ccc(C(F)(F)F)cc1. The second kappa shape index (κ2) is 5.61. The van der Waals surface area contributed by atoms with Gasteiger partial charge in [-0.3, -0.25) is 10.1 Å². The number of fused-ring (bicyclic) bond motifs is 1. The first-order chi connectivity index (χ1) is 11.9. The number of nitrogens with one attached hydrogen (secondary N) is 2. The van der Waals surface area contributed by atoms with Crippen molar-refractivity contribution in [3.8, 4) is 0 Å². The smallest absolute Gasteiger partial charge is 0.324 e. The van der Waals surface area contributed by atoms with Gasteiger partial charge in [-0.05, 0) is 42.2 Å². The summed E-state index contributed by atoms with van der Waals surface area (Å²) >= 11 is 0. The highest BCUT2D eigenvalue weighted by Crippen LogP contribution is 2.48. The van der Waals surface area contributed by atoms with Crippen molar-refractivity contribution in [3.63, 3.8) is 0 Å². The molecule has 0 bridgehead atoms. The lowest BCUT2D eigenvalue weighted by atomic mass is 10.1. The number of H-pyrrole nitrogens is 1. The molecule has 0 radical (unpaired) electrons. The normalized spacial score (nSPS) is 19.8. The van der Waals surface area contributed by atoms with Gasteiger partial charge in [0.25, 0.3) is 0 Å². The highest BCUT2D eigenvalue weighted by Gasteiger charge is 2.44. The average Bonchev–Trinajstić information content (AvgIpc) is 3.28. The van der Waals surface area contributed by atoms with E-state index in [0.29, 0.717) is 12.4 Å². The van der Waals surface area contributed by atoms with Crippen LogP contribution in [0.5, 0.6) is 0 Å². The van der Waals surface area contributed by atoms with Crippen LogP contribution in [0.4, 0.5) is 19.1 Å². The highest BCUT2D eigenvalue weighted by molar-refractivity contribution is 5.95. The molecule has 128 valence electrons. The minimum absolute atomic E-state index is 0.0494. The van der Waals surface area contributed by atoms with Gasteiger partial charge < -0.3 is 4.98 Å². The monoisotopic (exact) mass is 345 g/mol. The predicted molar refractivity (Wildman–Crippen MR) is 87.0 cm³/mol. The fraction of sp³-hybridized carbons (Fsp3) is 0.222. The fourth-order valence-electron chi connectivity index (χ4n) is 2.99. The molecule has 1 aliphatic carbocycles.